The normalized spacial score (nSPS) is 14.5. The molecule has 1 saturated carbocycles. The van der Waals surface area contributed by atoms with E-state index in [4.69, 9.17) is 9.26 Å². The van der Waals surface area contributed by atoms with Gasteiger partial charge in [0.25, 0.3) is 5.91 Å². The molecule has 0 bridgehead atoms. The number of carbonyl (C=O) groups is 2. The topological polar surface area (TPSA) is 85.5 Å². The second kappa shape index (κ2) is 7.46. The van der Waals surface area contributed by atoms with Gasteiger partial charge in [-0.1, -0.05) is 30.1 Å². The van der Waals surface area contributed by atoms with Crippen molar-refractivity contribution < 1.29 is 18.8 Å². The quantitative estimate of drug-likeness (QED) is 0.776. The molecule has 1 aromatic carbocycles. The van der Waals surface area contributed by atoms with Gasteiger partial charge in [-0.3, -0.25) is 9.59 Å². The lowest BCUT2D eigenvalue weighted by molar-refractivity contribution is -0.141. The van der Waals surface area contributed by atoms with E-state index in [0.717, 1.165) is 25.7 Å². The molecule has 1 aliphatic rings. The summed E-state index contributed by atoms with van der Waals surface area (Å²) in [5.41, 5.74) is 1.20. The number of amides is 1. The third-order valence-electron chi connectivity index (χ3n) is 4.45. The predicted molar refractivity (Wildman–Crippen MR) is 89.8 cm³/mol. The Kier molecular flexibility index (Phi) is 5.11. The van der Waals surface area contributed by atoms with E-state index in [-0.39, 0.29) is 18.5 Å². The molecule has 1 amide bonds. The molecule has 0 saturated heterocycles. The molecule has 7 heteroatoms. The maximum Gasteiger partial charge on any atom is 0.325 e. The van der Waals surface area contributed by atoms with Crippen molar-refractivity contribution in [2.45, 2.75) is 38.6 Å². The molecule has 3 rings (SSSR count). The second-order valence-electron chi connectivity index (χ2n) is 6.17. The summed E-state index contributed by atoms with van der Waals surface area (Å²) in [4.78, 5) is 30.6. The maximum absolute atomic E-state index is 13.0. The number of nitrogens with zero attached hydrogens (tertiary/aromatic N) is 3. The third-order valence-corrected chi connectivity index (χ3v) is 4.45. The molecule has 0 atom stereocenters. The summed E-state index contributed by atoms with van der Waals surface area (Å²) in [6, 6.07) is 7.13. The van der Waals surface area contributed by atoms with Crippen molar-refractivity contribution in [3.8, 4) is 11.4 Å². The number of benzene rings is 1. The van der Waals surface area contributed by atoms with Crippen LogP contribution >= 0.6 is 0 Å². The summed E-state index contributed by atoms with van der Waals surface area (Å²) >= 11 is 0. The van der Waals surface area contributed by atoms with E-state index >= 15 is 0 Å². The highest BCUT2D eigenvalue weighted by Crippen LogP contribution is 2.26. The number of rotatable bonds is 5. The maximum atomic E-state index is 13.0. The molecule has 0 unspecified atom stereocenters. The highest BCUT2D eigenvalue weighted by molar-refractivity contribution is 5.97. The SMILES string of the molecule is COC(=O)CN(C(=O)c1cccc(-c2noc(C)n2)c1)C1CCCC1. The van der Waals surface area contributed by atoms with E-state index in [9.17, 15) is 9.59 Å². The smallest absolute Gasteiger partial charge is 0.325 e. The predicted octanol–water partition coefficient (Wildman–Crippen LogP) is 2.60. The lowest BCUT2D eigenvalue weighted by atomic mass is 10.1. The van der Waals surface area contributed by atoms with Crippen LogP contribution in [-0.2, 0) is 9.53 Å². The molecule has 1 aromatic heterocycles. The zero-order valence-electron chi connectivity index (χ0n) is 14.4. The zero-order chi connectivity index (χ0) is 17.8. The van der Waals surface area contributed by atoms with Crippen LogP contribution < -0.4 is 0 Å². The number of carbonyl (C=O) groups excluding carboxylic acids is 2. The summed E-state index contributed by atoms with van der Waals surface area (Å²) in [5, 5.41) is 3.89. The van der Waals surface area contributed by atoms with Gasteiger partial charge in [0.05, 0.1) is 7.11 Å². The first kappa shape index (κ1) is 17.1. The Morgan fingerprint density at radius 3 is 2.72 bits per heavy atom. The fraction of sp³-hybridized carbons (Fsp3) is 0.444. The van der Waals surface area contributed by atoms with Gasteiger partial charge in [0.2, 0.25) is 11.7 Å². The Bertz CT molecular complexity index is 765. The van der Waals surface area contributed by atoms with E-state index < -0.39 is 5.97 Å². The van der Waals surface area contributed by atoms with Crippen LogP contribution in [0.15, 0.2) is 28.8 Å². The molecule has 1 fully saturated rings. The fourth-order valence-corrected chi connectivity index (χ4v) is 3.16. The Hall–Kier alpha value is -2.70. The minimum absolute atomic E-state index is 0.0362. The largest absolute Gasteiger partial charge is 0.468 e. The number of hydrogen-bond donors (Lipinski definition) is 0. The van der Waals surface area contributed by atoms with Crippen LogP contribution in [0.1, 0.15) is 41.9 Å². The second-order valence-corrected chi connectivity index (χ2v) is 6.17. The van der Waals surface area contributed by atoms with Crippen molar-refractivity contribution >= 4 is 11.9 Å². The molecule has 25 heavy (non-hydrogen) atoms. The van der Waals surface area contributed by atoms with Crippen molar-refractivity contribution in [3.05, 3.63) is 35.7 Å². The summed E-state index contributed by atoms with van der Waals surface area (Å²) in [6.07, 6.45) is 3.95. The number of methoxy groups -OCH3 is 1. The molecule has 0 N–H and O–H groups in total. The van der Waals surface area contributed by atoms with Crippen molar-refractivity contribution in [1.82, 2.24) is 15.0 Å². The molecule has 0 spiro atoms. The first-order valence-corrected chi connectivity index (χ1v) is 8.37. The van der Waals surface area contributed by atoms with Gasteiger partial charge in [-0.2, -0.15) is 4.98 Å². The van der Waals surface area contributed by atoms with Crippen molar-refractivity contribution in [3.63, 3.8) is 0 Å². The average Bonchev–Trinajstić information content (AvgIpc) is 3.30. The average molecular weight is 343 g/mol. The lowest BCUT2D eigenvalue weighted by Crippen LogP contribution is -2.42. The van der Waals surface area contributed by atoms with E-state index in [2.05, 4.69) is 10.1 Å². The van der Waals surface area contributed by atoms with Gasteiger partial charge in [-0.15, -0.1) is 0 Å². The van der Waals surface area contributed by atoms with Gasteiger partial charge < -0.3 is 14.2 Å². The fourth-order valence-electron chi connectivity index (χ4n) is 3.16. The van der Waals surface area contributed by atoms with Crippen molar-refractivity contribution in [1.29, 1.82) is 0 Å². The highest BCUT2D eigenvalue weighted by atomic mass is 16.5. The molecule has 0 radical (unpaired) electrons. The van der Waals surface area contributed by atoms with Crippen LogP contribution in [0.5, 0.6) is 0 Å². The highest BCUT2D eigenvalue weighted by Gasteiger charge is 2.29. The van der Waals surface area contributed by atoms with Crippen LogP contribution in [0.25, 0.3) is 11.4 Å². The monoisotopic (exact) mass is 343 g/mol. The lowest BCUT2D eigenvalue weighted by Gasteiger charge is -2.28. The van der Waals surface area contributed by atoms with Crippen LogP contribution in [0.2, 0.25) is 0 Å². The first-order chi connectivity index (χ1) is 12.1. The van der Waals surface area contributed by atoms with Crippen LogP contribution in [0.4, 0.5) is 0 Å². The zero-order valence-corrected chi connectivity index (χ0v) is 14.4. The third kappa shape index (κ3) is 3.87. The van der Waals surface area contributed by atoms with Gasteiger partial charge in [0, 0.05) is 24.1 Å². The first-order valence-electron chi connectivity index (χ1n) is 8.37. The van der Waals surface area contributed by atoms with Gasteiger partial charge >= 0.3 is 5.97 Å². The Morgan fingerprint density at radius 2 is 2.08 bits per heavy atom. The van der Waals surface area contributed by atoms with Crippen LogP contribution in [0.3, 0.4) is 0 Å². The molecule has 7 nitrogen and oxygen atoms in total. The summed E-state index contributed by atoms with van der Waals surface area (Å²) < 4.78 is 9.75. The molecule has 2 aromatic rings. The Balaban J connectivity index is 1.87. The Morgan fingerprint density at radius 1 is 1.32 bits per heavy atom. The van der Waals surface area contributed by atoms with Gasteiger partial charge in [0.1, 0.15) is 6.54 Å². The minimum Gasteiger partial charge on any atom is -0.468 e. The van der Waals surface area contributed by atoms with Crippen molar-refractivity contribution in [2.24, 2.45) is 0 Å². The van der Waals surface area contributed by atoms with E-state index in [1.165, 1.54) is 7.11 Å². The number of hydrogen-bond acceptors (Lipinski definition) is 6. The van der Waals surface area contributed by atoms with E-state index in [1.807, 2.05) is 6.07 Å². The number of aryl methyl sites for hydroxylation is 1. The van der Waals surface area contributed by atoms with Gasteiger partial charge in [-0.05, 0) is 25.0 Å². The van der Waals surface area contributed by atoms with Crippen LogP contribution in [-0.4, -0.2) is 46.6 Å². The molecule has 132 valence electrons. The minimum atomic E-state index is -0.412. The summed E-state index contributed by atoms with van der Waals surface area (Å²) in [7, 11) is 1.33. The summed E-state index contributed by atoms with van der Waals surface area (Å²) in [6.45, 7) is 1.68. The molecular weight excluding hydrogens is 322 g/mol. The van der Waals surface area contributed by atoms with Crippen molar-refractivity contribution in [2.75, 3.05) is 13.7 Å². The molecule has 0 aliphatic heterocycles. The van der Waals surface area contributed by atoms with Gasteiger partial charge in [0.15, 0.2) is 0 Å². The van der Waals surface area contributed by atoms with E-state index in [1.54, 1.807) is 30.0 Å². The molecule has 1 heterocycles. The number of ether oxygens (including phenoxy) is 1. The Labute approximate surface area is 146 Å². The molecular formula is C18H21N3O4. The number of esters is 1. The summed E-state index contributed by atoms with van der Waals surface area (Å²) in [5.74, 6) is 0.308. The van der Waals surface area contributed by atoms with E-state index in [0.29, 0.717) is 22.8 Å². The molecule has 1 aliphatic carbocycles. The van der Waals surface area contributed by atoms with Crippen LogP contribution in [0, 0.1) is 6.92 Å². The number of aromatic nitrogens is 2. The van der Waals surface area contributed by atoms with Gasteiger partial charge in [-0.25, -0.2) is 0 Å². The standard InChI is InChI=1S/C18H21N3O4/c1-12-19-17(20-25-12)13-6-5-7-14(10-13)18(23)21(11-16(22)24-2)15-8-3-4-9-15/h5-7,10,15H,3-4,8-9,11H2,1-2H3.